The number of hydrogen-bond acceptors (Lipinski definition) is 5. The zero-order valence-corrected chi connectivity index (χ0v) is 26.4. The summed E-state index contributed by atoms with van der Waals surface area (Å²) in [6.07, 6.45) is 1.32. The van der Waals surface area contributed by atoms with Gasteiger partial charge in [0.25, 0.3) is 0 Å². The van der Waals surface area contributed by atoms with Gasteiger partial charge < -0.3 is 15.0 Å². The highest BCUT2D eigenvalue weighted by Gasteiger charge is 2.32. The van der Waals surface area contributed by atoms with Crippen LogP contribution in [0.1, 0.15) is 18.1 Å². The van der Waals surface area contributed by atoms with Gasteiger partial charge >= 0.3 is 0 Å². The monoisotopic (exact) mass is 663 g/mol. The molecule has 0 bridgehead atoms. The SMILES string of the molecule is CCNC(=O)[C@H](Cc1ccccc1)N(Cc1ccc(Br)cc1)C(=O)CN(c1ccc(Oc2ccccc2)cc1)S(C)(=O)=O. The van der Waals surface area contributed by atoms with Gasteiger partial charge in [0.05, 0.1) is 11.9 Å². The Kier molecular flexibility index (Phi) is 11.0. The van der Waals surface area contributed by atoms with E-state index in [9.17, 15) is 18.0 Å². The number of hydrogen-bond donors (Lipinski definition) is 1. The fourth-order valence-corrected chi connectivity index (χ4v) is 5.67. The highest BCUT2D eigenvalue weighted by atomic mass is 79.9. The van der Waals surface area contributed by atoms with E-state index in [-0.39, 0.29) is 18.9 Å². The number of sulfonamides is 1. The van der Waals surface area contributed by atoms with E-state index in [4.69, 9.17) is 4.74 Å². The summed E-state index contributed by atoms with van der Waals surface area (Å²) in [4.78, 5) is 29.0. The number of rotatable bonds is 13. The number of nitrogens with one attached hydrogen (secondary N) is 1. The molecular formula is C33H34BrN3O5S. The lowest BCUT2D eigenvalue weighted by Gasteiger charge is -2.33. The van der Waals surface area contributed by atoms with Crippen molar-refractivity contribution in [2.45, 2.75) is 25.9 Å². The van der Waals surface area contributed by atoms with Crippen molar-refractivity contribution in [1.82, 2.24) is 10.2 Å². The van der Waals surface area contributed by atoms with E-state index < -0.39 is 28.5 Å². The third-order valence-electron chi connectivity index (χ3n) is 6.67. The summed E-state index contributed by atoms with van der Waals surface area (Å²) in [5, 5.41) is 2.85. The Balaban J connectivity index is 1.65. The highest BCUT2D eigenvalue weighted by molar-refractivity contribution is 9.10. The van der Waals surface area contributed by atoms with Crippen LogP contribution in [0.2, 0.25) is 0 Å². The Morgan fingerprint density at radius 1 is 0.814 bits per heavy atom. The van der Waals surface area contributed by atoms with Crippen LogP contribution >= 0.6 is 15.9 Å². The zero-order chi connectivity index (χ0) is 30.8. The van der Waals surface area contributed by atoms with Crippen LogP contribution in [0, 0.1) is 0 Å². The summed E-state index contributed by atoms with van der Waals surface area (Å²) in [5.41, 5.74) is 1.98. The van der Waals surface area contributed by atoms with Gasteiger partial charge in [0.1, 0.15) is 24.1 Å². The first-order valence-corrected chi connectivity index (χ1v) is 16.4. The van der Waals surface area contributed by atoms with Crippen molar-refractivity contribution < 1.29 is 22.7 Å². The van der Waals surface area contributed by atoms with Crippen molar-refractivity contribution in [2.24, 2.45) is 0 Å². The highest BCUT2D eigenvalue weighted by Crippen LogP contribution is 2.26. The van der Waals surface area contributed by atoms with Gasteiger partial charge in [-0.25, -0.2) is 8.42 Å². The van der Waals surface area contributed by atoms with Crippen LogP contribution in [0.15, 0.2) is 114 Å². The van der Waals surface area contributed by atoms with Gasteiger partial charge in [-0.15, -0.1) is 0 Å². The smallest absolute Gasteiger partial charge is 0.244 e. The van der Waals surface area contributed by atoms with Crippen molar-refractivity contribution in [1.29, 1.82) is 0 Å². The molecule has 43 heavy (non-hydrogen) atoms. The van der Waals surface area contributed by atoms with Crippen LogP contribution in [0.3, 0.4) is 0 Å². The number of halogens is 1. The molecule has 0 spiro atoms. The molecule has 10 heteroatoms. The molecule has 0 radical (unpaired) electrons. The van der Waals surface area contributed by atoms with Crippen molar-refractivity contribution in [3.8, 4) is 11.5 Å². The number of ether oxygens (including phenoxy) is 1. The number of para-hydroxylation sites is 1. The molecule has 1 N–H and O–H groups in total. The van der Waals surface area contributed by atoms with E-state index in [1.807, 2.05) is 91.9 Å². The molecule has 4 aromatic rings. The van der Waals surface area contributed by atoms with Crippen LogP contribution < -0.4 is 14.4 Å². The van der Waals surface area contributed by atoms with Crippen LogP contribution in [0.25, 0.3) is 0 Å². The van der Waals surface area contributed by atoms with Crippen molar-refractivity contribution in [3.05, 3.63) is 125 Å². The molecule has 0 aliphatic heterocycles. The van der Waals surface area contributed by atoms with E-state index in [0.717, 1.165) is 26.2 Å². The van der Waals surface area contributed by atoms with E-state index >= 15 is 0 Å². The summed E-state index contributed by atoms with van der Waals surface area (Å²) >= 11 is 3.43. The number of likely N-dealkylation sites (N-methyl/N-ethyl adjacent to an activating group) is 1. The third kappa shape index (κ3) is 9.17. The van der Waals surface area contributed by atoms with Gasteiger partial charge in [0.15, 0.2) is 0 Å². The maximum Gasteiger partial charge on any atom is 0.244 e. The molecule has 0 saturated carbocycles. The molecule has 0 saturated heterocycles. The number of amides is 2. The maximum absolute atomic E-state index is 14.1. The lowest BCUT2D eigenvalue weighted by atomic mass is 10.0. The first-order chi connectivity index (χ1) is 20.6. The van der Waals surface area contributed by atoms with Gasteiger partial charge in [-0.05, 0) is 66.6 Å². The number of nitrogens with zero attached hydrogens (tertiary/aromatic N) is 2. The minimum atomic E-state index is -3.87. The topological polar surface area (TPSA) is 96.0 Å². The Hall–Kier alpha value is -4.15. The van der Waals surface area contributed by atoms with E-state index in [0.29, 0.717) is 23.7 Å². The van der Waals surface area contributed by atoms with Crippen LogP contribution in [0.4, 0.5) is 5.69 Å². The largest absolute Gasteiger partial charge is 0.457 e. The molecule has 1 atom stereocenters. The quantitative estimate of drug-likeness (QED) is 0.196. The zero-order valence-electron chi connectivity index (χ0n) is 24.0. The fourth-order valence-electron chi connectivity index (χ4n) is 4.55. The Morgan fingerprint density at radius 2 is 1.40 bits per heavy atom. The van der Waals surface area contributed by atoms with E-state index in [1.165, 1.54) is 4.90 Å². The predicted molar refractivity (Wildman–Crippen MR) is 172 cm³/mol. The van der Waals surface area contributed by atoms with Gasteiger partial charge in [0.2, 0.25) is 21.8 Å². The van der Waals surface area contributed by atoms with Gasteiger partial charge in [-0.2, -0.15) is 0 Å². The van der Waals surface area contributed by atoms with E-state index in [1.54, 1.807) is 24.3 Å². The molecule has 0 aliphatic rings. The minimum Gasteiger partial charge on any atom is -0.457 e. The second-order valence-electron chi connectivity index (χ2n) is 9.93. The number of carbonyl (C=O) groups excluding carboxylic acids is 2. The number of carbonyl (C=O) groups is 2. The molecule has 0 unspecified atom stereocenters. The van der Waals surface area contributed by atoms with Crippen LogP contribution in [-0.4, -0.2) is 50.5 Å². The second kappa shape index (κ2) is 14.8. The molecule has 0 heterocycles. The molecule has 0 aliphatic carbocycles. The lowest BCUT2D eigenvalue weighted by molar-refractivity contribution is -0.140. The fraction of sp³-hybridized carbons (Fsp3) is 0.212. The first-order valence-electron chi connectivity index (χ1n) is 13.8. The Bertz CT molecular complexity index is 1600. The predicted octanol–water partition coefficient (Wildman–Crippen LogP) is 5.78. The molecule has 4 rings (SSSR count). The average Bonchev–Trinajstić information content (AvgIpc) is 2.99. The maximum atomic E-state index is 14.1. The van der Waals surface area contributed by atoms with Crippen LogP contribution in [0.5, 0.6) is 11.5 Å². The number of anilines is 1. The third-order valence-corrected chi connectivity index (χ3v) is 8.34. The average molecular weight is 665 g/mol. The van der Waals surface area contributed by atoms with Crippen LogP contribution in [-0.2, 0) is 32.6 Å². The summed E-state index contributed by atoms with van der Waals surface area (Å²) in [7, 11) is -3.87. The summed E-state index contributed by atoms with van der Waals surface area (Å²) in [5.74, 6) is 0.338. The molecule has 8 nitrogen and oxygen atoms in total. The summed E-state index contributed by atoms with van der Waals surface area (Å²) in [6.45, 7) is 1.83. The summed E-state index contributed by atoms with van der Waals surface area (Å²) in [6, 6.07) is 31.7. The molecule has 224 valence electrons. The first kappa shape index (κ1) is 31.8. The van der Waals surface area contributed by atoms with Crippen molar-refractivity contribution in [2.75, 3.05) is 23.7 Å². The second-order valence-corrected chi connectivity index (χ2v) is 12.7. The van der Waals surface area contributed by atoms with Gasteiger partial charge in [-0.3, -0.25) is 13.9 Å². The molecular weight excluding hydrogens is 630 g/mol. The normalized spacial score (nSPS) is 11.8. The summed E-state index contributed by atoms with van der Waals surface area (Å²) < 4.78 is 33.8. The lowest BCUT2D eigenvalue weighted by Crippen LogP contribution is -2.53. The van der Waals surface area contributed by atoms with Gasteiger partial charge in [0, 0.05) is 24.0 Å². The van der Waals surface area contributed by atoms with Crippen molar-refractivity contribution in [3.63, 3.8) is 0 Å². The Labute approximate surface area is 261 Å². The number of benzene rings is 4. The van der Waals surface area contributed by atoms with Gasteiger partial charge in [-0.1, -0.05) is 76.6 Å². The standard InChI is InChI=1S/C33H34BrN3O5S/c1-3-35-33(39)31(22-25-10-6-4-7-11-25)36(23-26-14-16-27(34)17-15-26)32(38)24-37(43(2,40)41)28-18-20-30(21-19-28)42-29-12-8-5-9-13-29/h4-21,31H,3,22-24H2,1-2H3,(H,35,39)/t31-/m0/s1. The van der Waals surface area contributed by atoms with Crippen molar-refractivity contribution >= 4 is 43.5 Å². The molecule has 2 amide bonds. The Morgan fingerprint density at radius 3 is 1.98 bits per heavy atom. The minimum absolute atomic E-state index is 0.113. The van der Waals surface area contributed by atoms with E-state index in [2.05, 4.69) is 21.2 Å². The molecule has 4 aromatic carbocycles. The molecule has 0 aromatic heterocycles. The molecule has 0 fully saturated rings.